The maximum atomic E-state index is 10.6. The van der Waals surface area contributed by atoms with Crippen molar-refractivity contribution in [3.05, 3.63) is 50.6 Å². The summed E-state index contributed by atoms with van der Waals surface area (Å²) in [5.41, 5.74) is -0.927. The molecular weight excluding hydrogens is 722 g/mol. The fourth-order valence-corrected chi connectivity index (χ4v) is 5.26. The van der Waals surface area contributed by atoms with Gasteiger partial charge in [-0.05, 0) is 38.5 Å². The van der Waals surface area contributed by atoms with Crippen LogP contribution in [-0.4, -0.2) is 139 Å². The van der Waals surface area contributed by atoms with Crippen LogP contribution >= 0.6 is 0 Å². The molecule has 0 fully saturated rings. The molecular formula is C42H81N3O11. The molecule has 0 saturated heterocycles. The Kier molecular flexibility index (Phi) is 47.2. The van der Waals surface area contributed by atoms with Gasteiger partial charge in [0.15, 0.2) is 0 Å². The fourth-order valence-electron chi connectivity index (χ4n) is 5.26. The van der Waals surface area contributed by atoms with Gasteiger partial charge in [0.1, 0.15) is 5.79 Å². The van der Waals surface area contributed by atoms with Gasteiger partial charge in [-0.2, -0.15) is 0 Å². The number of rotatable bonds is 30. The molecule has 0 radical (unpaired) electrons. The Morgan fingerprint density at radius 1 is 0.429 bits per heavy atom. The molecule has 0 aliphatic carbocycles. The number of carbonyl (C=O) groups is 4. The zero-order chi connectivity index (χ0) is 44.4. The Morgan fingerprint density at radius 2 is 0.589 bits per heavy atom. The third kappa shape index (κ3) is 32.8. The molecule has 0 atom stereocenters. The number of aliphatic carboxylic acids is 4. The number of hydrogen-bond donors (Lipinski definition) is 7. The van der Waals surface area contributed by atoms with E-state index < -0.39 is 35.1 Å². The van der Waals surface area contributed by atoms with Crippen LogP contribution in [-0.2, 0) is 19.2 Å². The standard InChI is InChI=1S/C30H65N3O3.4C3H4O2/c1-7-13-19-31(20-14-8-2)30(25-29(26-34,27-35)28-36,32(21-15-9-3)22-16-10-4)33(23-17-11-5)24-18-12-6;4*1-2-3(4)5/h34-36H,7-28H2,1-6H3;4*2H,1H2,(H,4,5). The Balaban J connectivity index is -0.000000351. The molecule has 0 aromatic carbocycles. The number of nitrogens with zero attached hydrogens (tertiary/aromatic N) is 3. The zero-order valence-corrected chi connectivity index (χ0v) is 35.8. The Morgan fingerprint density at radius 3 is 0.696 bits per heavy atom. The van der Waals surface area contributed by atoms with Crippen molar-refractivity contribution in [2.75, 3.05) is 59.1 Å². The van der Waals surface area contributed by atoms with Gasteiger partial charge in [0.25, 0.3) is 0 Å². The van der Waals surface area contributed by atoms with Crippen molar-refractivity contribution >= 4 is 23.9 Å². The molecule has 7 N–H and O–H groups in total. The van der Waals surface area contributed by atoms with Crippen LogP contribution in [0.25, 0.3) is 0 Å². The summed E-state index contributed by atoms with van der Waals surface area (Å²) in [6, 6.07) is 0. The fraction of sp³-hybridized carbons (Fsp3) is 0.714. The van der Waals surface area contributed by atoms with E-state index in [9.17, 15) is 34.5 Å². The Labute approximate surface area is 338 Å². The second-order valence-electron chi connectivity index (χ2n) is 13.2. The van der Waals surface area contributed by atoms with Gasteiger partial charge in [-0.3, -0.25) is 14.7 Å². The van der Waals surface area contributed by atoms with Gasteiger partial charge < -0.3 is 35.7 Å². The normalized spacial score (nSPS) is 10.6. The first-order chi connectivity index (χ1) is 26.5. The summed E-state index contributed by atoms with van der Waals surface area (Å²) in [4.78, 5) is 45.1. The summed E-state index contributed by atoms with van der Waals surface area (Å²) in [7, 11) is 0. The average Bonchev–Trinajstić information content (AvgIpc) is 3.20. The van der Waals surface area contributed by atoms with Gasteiger partial charge >= 0.3 is 23.9 Å². The van der Waals surface area contributed by atoms with Crippen LogP contribution in [0.4, 0.5) is 0 Å². The SMILES string of the molecule is C=CC(=O)O.C=CC(=O)O.C=CC(=O)O.C=CC(=O)O.CCCCN(CCCC)C(CC(CO)(CO)CO)(N(CCCC)CCCC)N(CCCC)CCCC. The quantitative estimate of drug-likeness (QED) is 0.0296. The van der Waals surface area contributed by atoms with E-state index >= 15 is 0 Å². The predicted molar refractivity (Wildman–Crippen MR) is 227 cm³/mol. The third-order valence-corrected chi connectivity index (χ3v) is 8.53. The van der Waals surface area contributed by atoms with Gasteiger partial charge in [-0.25, -0.2) is 19.2 Å². The lowest BCUT2D eigenvalue weighted by Crippen LogP contribution is -2.73. The van der Waals surface area contributed by atoms with Crippen LogP contribution in [0, 0.1) is 5.41 Å². The van der Waals surface area contributed by atoms with Crippen molar-refractivity contribution in [3.63, 3.8) is 0 Å². The van der Waals surface area contributed by atoms with Crippen LogP contribution in [0.3, 0.4) is 0 Å². The van der Waals surface area contributed by atoms with E-state index in [-0.39, 0.29) is 19.8 Å². The number of aliphatic hydroxyl groups excluding tert-OH is 3. The lowest BCUT2D eigenvalue weighted by Gasteiger charge is -2.59. The monoisotopic (exact) mass is 804 g/mol. The summed E-state index contributed by atoms with van der Waals surface area (Å²) in [5.74, 6) is -4.36. The molecule has 330 valence electrons. The highest BCUT2D eigenvalue weighted by Gasteiger charge is 2.51. The lowest BCUT2D eigenvalue weighted by molar-refractivity contribution is -0.206. The highest BCUT2D eigenvalue weighted by Crippen LogP contribution is 2.39. The van der Waals surface area contributed by atoms with Crippen molar-refractivity contribution in [2.45, 2.75) is 131 Å². The largest absolute Gasteiger partial charge is 0.478 e. The first-order valence-electron chi connectivity index (χ1n) is 20.0. The highest BCUT2D eigenvalue weighted by molar-refractivity contribution is 5.79. The van der Waals surface area contributed by atoms with E-state index in [4.69, 9.17) is 20.4 Å². The summed E-state index contributed by atoms with van der Waals surface area (Å²) in [6.45, 7) is 30.8. The van der Waals surface area contributed by atoms with Crippen molar-refractivity contribution in [2.24, 2.45) is 5.41 Å². The molecule has 14 nitrogen and oxygen atoms in total. The number of carboxylic acid groups (broad SMARTS) is 4. The van der Waals surface area contributed by atoms with Gasteiger partial charge in [0.05, 0.1) is 19.8 Å². The molecule has 0 saturated carbocycles. The smallest absolute Gasteiger partial charge is 0.327 e. The van der Waals surface area contributed by atoms with E-state index in [1.54, 1.807) is 0 Å². The van der Waals surface area contributed by atoms with Crippen molar-refractivity contribution < 1.29 is 54.9 Å². The maximum Gasteiger partial charge on any atom is 0.327 e. The second-order valence-corrected chi connectivity index (χ2v) is 13.2. The van der Waals surface area contributed by atoms with E-state index in [2.05, 4.69) is 82.6 Å². The number of aliphatic hydroxyl groups is 3. The molecule has 14 heteroatoms. The summed E-state index contributed by atoms with van der Waals surface area (Å²) in [6.07, 6.45) is 17.5. The van der Waals surface area contributed by atoms with E-state index in [0.29, 0.717) is 6.42 Å². The van der Waals surface area contributed by atoms with E-state index in [1.165, 1.54) is 0 Å². The molecule has 0 bridgehead atoms. The highest BCUT2D eigenvalue weighted by atomic mass is 16.4. The number of unbranched alkanes of at least 4 members (excludes halogenated alkanes) is 6. The van der Waals surface area contributed by atoms with Gasteiger partial charge in [-0.15, -0.1) is 0 Å². The van der Waals surface area contributed by atoms with Crippen molar-refractivity contribution in [1.29, 1.82) is 0 Å². The number of carboxylic acids is 4. The average molecular weight is 804 g/mol. The number of hydrogen-bond acceptors (Lipinski definition) is 10. The third-order valence-electron chi connectivity index (χ3n) is 8.53. The molecule has 0 amide bonds. The van der Waals surface area contributed by atoms with Gasteiger partial charge in [0, 0.05) is 75.4 Å². The predicted octanol–water partition coefficient (Wildman–Crippen LogP) is 6.73. The molecule has 0 spiro atoms. The molecule has 56 heavy (non-hydrogen) atoms. The first-order valence-corrected chi connectivity index (χ1v) is 20.0. The lowest BCUT2D eigenvalue weighted by atomic mass is 9.81. The summed E-state index contributed by atoms with van der Waals surface area (Å²) in [5, 5.41) is 62.1. The van der Waals surface area contributed by atoms with Crippen LogP contribution in [0.1, 0.15) is 125 Å². The zero-order valence-electron chi connectivity index (χ0n) is 35.8. The molecule has 0 aliphatic rings. The van der Waals surface area contributed by atoms with Crippen molar-refractivity contribution in [1.82, 2.24) is 14.7 Å². The van der Waals surface area contributed by atoms with Crippen LogP contribution in [0.2, 0.25) is 0 Å². The maximum absolute atomic E-state index is 10.6. The minimum atomic E-state index is -0.981. The molecule has 0 aliphatic heterocycles. The van der Waals surface area contributed by atoms with E-state index in [0.717, 1.165) is 141 Å². The molecule has 0 rings (SSSR count). The first kappa shape index (κ1) is 61.8. The molecule has 0 heterocycles. The second kappa shape index (κ2) is 42.7. The molecule has 0 unspecified atom stereocenters. The van der Waals surface area contributed by atoms with Crippen LogP contribution in [0.5, 0.6) is 0 Å². The van der Waals surface area contributed by atoms with Gasteiger partial charge in [-0.1, -0.05) is 106 Å². The van der Waals surface area contributed by atoms with E-state index in [1.807, 2.05) is 0 Å². The minimum Gasteiger partial charge on any atom is -0.478 e. The Hall–Kier alpha value is -3.40. The van der Waals surface area contributed by atoms with Crippen LogP contribution in [0.15, 0.2) is 50.6 Å². The van der Waals surface area contributed by atoms with Crippen LogP contribution < -0.4 is 0 Å². The minimum absolute atomic E-state index is 0.206. The summed E-state index contributed by atoms with van der Waals surface area (Å²) < 4.78 is 0. The topological polar surface area (TPSA) is 220 Å². The van der Waals surface area contributed by atoms with Gasteiger partial charge in [0.2, 0.25) is 0 Å². The summed E-state index contributed by atoms with van der Waals surface area (Å²) >= 11 is 0. The molecule has 0 aromatic heterocycles. The molecule has 0 aromatic rings. The van der Waals surface area contributed by atoms with Crippen molar-refractivity contribution in [3.8, 4) is 0 Å². The Bertz CT molecular complexity index is 865.